The Kier molecular flexibility index (Phi) is 7.10. The van der Waals surface area contributed by atoms with Crippen molar-refractivity contribution in [3.63, 3.8) is 0 Å². The number of nitrogens with one attached hydrogen (secondary N) is 1. The molecule has 34 heavy (non-hydrogen) atoms. The largest absolute Gasteiger partial charge is 0.497 e. The molecule has 2 aromatic carbocycles. The highest BCUT2D eigenvalue weighted by molar-refractivity contribution is 7.89. The molecule has 1 saturated heterocycles. The Morgan fingerprint density at radius 2 is 1.91 bits per heavy atom. The number of methoxy groups -OCH3 is 1. The second-order valence-corrected chi connectivity index (χ2v) is 10.5. The van der Waals surface area contributed by atoms with Gasteiger partial charge in [-0.25, -0.2) is 22.6 Å². The lowest BCUT2D eigenvalue weighted by molar-refractivity contribution is -0.119. The van der Waals surface area contributed by atoms with E-state index >= 15 is 0 Å². The number of hydrogen-bond acceptors (Lipinski definition) is 8. The van der Waals surface area contributed by atoms with E-state index in [2.05, 4.69) is 10.3 Å². The Morgan fingerprint density at radius 1 is 1.15 bits per heavy atom. The number of carbonyl (C=O) groups excluding carboxylic acids is 2. The maximum atomic E-state index is 14.3. The number of thiazole rings is 1. The summed E-state index contributed by atoms with van der Waals surface area (Å²) in [6, 6.07) is 8.25. The van der Waals surface area contributed by atoms with Gasteiger partial charge in [-0.05, 0) is 49.2 Å². The standard InChI is InChI=1S/C22H22FN3O6S2/c1-31-15-6-8-17-18(12-15)33-22(24-17)25-20(27)13-32-21(28)14-5-7-16(23)19(11-14)34(29,30)26-9-3-2-4-10-26/h5-8,11-12H,2-4,9-10,13H2,1H3,(H,24,25,27). The number of aromatic nitrogens is 1. The van der Waals surface area contributed by atoms with E-state index in [1.54, 1.807) is 25.3 Å². The topological polar surface area (TPSA) is 115 Å². The van der Waals surface area contributed by atoms with Crippen molar-refractivity contribution >= 4 is 48.6 Å². The SMILES string of the molecule is COc1ccc2nc(NC(=O)COC(=O)c3ccc(F)c(S(=O)(=O)N4CCCCC4)c3)sc2c1. The van der Waals surface area contributed by atoms with Crippen LogP contribution >= 0.6 is 11.3 Å². The number of halogens is 1. The molecule has 0 bridgehead atoms. The predicted octanol–water partition coefficient (Wildman–Crippen LogP) is 3.41. The van der Waals surface area contributed by atoms with E-state index in [9.17, 15) is 22.4 Å². The number of carbonyl (C=O) groups is 2. The number of amides is 1. The lowest BCUT2D eigenvalue weighted by atomic mass is 10.2. The molecule has 0 atom stereocenters. The van der Waals surface area contributed by atoms with Crippen molar-refractivity contribution in [3.05, 3.63) is 47.8 Å². The third-order valence-corrected chi connectivity index (χ3v) is 8.12. The molecule has 1 aromatic heterocycles. The van der Waals surface area contributed by atoms with Gasteiger partial charge in [-0.15, -0.1) is 0 Å². The molecule has 0 radical (unpaired) electrons. The molecule has 3 aromatic rings. The van der Waals surface area contributed by atoms with Gasteiger partial charge in [0, 0.05) is 13.1 Å². The summed E-state index contributed by atoms with van der Waals surface area (Å²) in [5.41, 5.74) is 0.503. The maximum absolute atomic E-state index is 14.3. The highest BCUT2D eigenvalue weighted by Gasteiger charge is 2.29. The van der Waals surface area contributed by atoms with Crippen LogP contribution in [0.2, 0.25) is 0 Å². The first-order valence-electron chi connectivity index (χ1n) is 10.5. The van der Waals surface area contributed by atoms with Crippen molar-refractivity contribution < 1.29 is 31.9 Å². The summed E-state index contributed by atoms with van der Waals surface area (Å²) in [6.07, 6.45) is 2.30. The van der Waals surface area contributed by atoms with Crippen LogP contribution in [-0.2, 0) is 19.6 Å². The molecular formula is C22H22FN3O6S2. The predicted molar refractivity (Wildman–Crippen MR) is 124 cm³/mol. The first kappa shape index (κ1) is 24.0. The Bertz CT molecular complexity index is 1340. The number of sulfonamides is 1. The van der Waals surface area contributed by atoms with E-state index in [1.807, 2.05) is 0 Å². The molecule has 4 rings (SSSR count). The smallest absolute Gasteiger partial charge is 0.338 e. The van der Waals surface area contributed by atoms with Crippen LogP contribution < -0.4 is 10.1 Å². The molecular weight excluding hydrogens is 485 g/mol. The fourth-order valence-corrected chi connectivity index (χ4v) is 6.05. The lowest BCUT2D eigenvalue weighted by Crippen LogP contribution is -2.36. The molecule has 0 spiro atoms. The van der Waals surface area contributed by atoms with Gasteiger partial charge in [0.1, 0.15) is 16.5 Å². The van der Waals surface area contributed by atoms with E-state index in [0.29, 0.717) is 42.3 Å². The van der Waals surface area contributed by atoms with E-state index in [4.69, 9.17) is 9.47 Å². The van der Waals surface area contributed by atoms with Gasteiger partial charge in [-0.3, -0.25) is 10.1 Å². The molecule has 2 heterocycles. The number of benzene rings is 2. The van der Waals surface area contributed by atoms with Gasteiger partial charge < -0.3 is 9.47 Å². The van der Waals surface area contributed by atoms with Crippen molar-refractivity contribution in [2.24, 2.45) is 0 Å². The van der Waals surface area contributed by atoms with Crippen LogP contribution in [0, 0.1) is 5.82 Å². The first-order chi connectivity index (χ1) is 16.3. The molecule has 0 aliphatic carbocycles. The quantitative estimate of drug-likeness (QED) is 0.487. The number of piperidine rings is 1. The number of esters is 1. The maximum Gasteiger partial charge on any atom is 0.338 e. The number of anilines is 1. The molecule has 1 N–H and O–H groups in total. The van der Waals surface area contributed by atoms with Gasteiger partial charge in [-0.2, -0.15) is 4.31 Å². The molecule has 1 fully saturated rings. The molecule has 1 aliphatic rings. The van der Waals surface area contributed by atoms with Crippen molar-refractivity contribution in [1.82, 2.24) is 9.29 Å². The highest BCUT2D eigenvalue weighted by atomic mass is 32.2. The Morgan fingerprint density at radius 3 is 2.65 bits per heavy atom. The highest BCUT2D eigenvalue weighted by Crippen LogP contribution is 2.29. The van der Waals surface area contributed by atoms with Crippen LogP contribution in [0.15, 0.2) is 41.3 Å². The van der Waals surface area contributed by atoms with E-state index in [0.717, 1.165) is 29.3 Å². The minimum atomic E-state index is -4.08. The van der Waals surface area contributed by atoms with Gasteiger partial charge in [0.2, 0.25) is 10.0 Å². The lowest BCUT2D eigenvalue weighted by Gasteiger charge is -2.26. The van der Waals surface area contributed by atoms with Gasteiger partial charge in [0.15, 0.2) is 11.7 Å². The van der Waals surface area contributed by atoms with Gasteiger partial charge in [-0.1, -0.05) is 17.8 Å². The van der Waals surface area contributed by atoms with Crippen LogP contribution in [0.25, 0.3) is 10.2 Å². The van der Waals surface area contributed by atoms with Gasteiger partial charge in [0.05, 0.1) is 22.9 Å². The molecule has 1 aliphatic heterocycles. The summed E-state index contributed by atoms with van der Waals surface area (Å²) < 4.78 is 52.2. The van der Waals surface area contributed by atoms with Crippen molar-refractivity contribution in [2.45, 2.75) is 24.2 Å². The molecule has 180 valence electrons. The number of ether oxygens (including phenoxy) is 2. The Labute approximate surface area is 199 Å². The van der Waals surface area contributed by atoms with Crippen LogP contribution in [0.3, 0.4) is 0 Å². The van der Waals surface area contributed by atoms with Crippen molar-refractivity contribution in [2.75, 3.05) is 32.1 Å². The zero-order valence-corrected chi connectivity index (χ0v) is 19.9. The average Bonchev–Trinajstić information content (AvgIpc) is 3.24. The molecule has 0 unspecified atom stereocenters. The third-order valence-electron chi connectivity index (χ3n) is 5.28. The van der Waals surface area contributed by atoms with E-state index in [-0.39, 0.29) is 5.56 Å². The van der Waals surface area contributed by atoms with Crippen molar-refractivity contribution in [3.8, 4) is 5.75 Å². The second kappa shape index (κ2) is 10.0. The summed E-state index contributed by atoms with van der Waals surface area (Å²) in [5.74, 6) is -1.86. The minimum Gasteiger partial charge on any atom is -0.497 e. The Hall–Kier alpha value is -3.09. The van der Waals surface area contributed by atoms with Crippen molar-refractivity contribution in [1.29, 1.82) is 0 Å². The number of rotatable bonds is 7. The monoisotopic (exact) mass is 507 g/mol. The summed E-state index contributed by atoms with van der Waals surface area (Å²) in [5, 5.41) is 2.87. The number of fused-ring (bicyclic) bond motifs is 1. The normalized spacial score (nSPS) is 14.6. The number of hydrogen-bond donors (Lipinski definition) is 1. The van der Waals surface area contributed by atoms with Crippen LogP contribution in [0.5, 0.6) is 5.75 Å². The fraction of sp³-hybridized carbons (Fsp3) is 0.318. The van der Waals surface area contributed by atoms with Gasteiger partial charge >= 0.3 is 5.97 Å². The van der Waals surface area contributed by atoms with E-state index < -0.39 is 39.2 Å². The second-order valence-electron chi connectivity index (χ2n) is 7.59. The average molecular weight is 508 g/mol. The molecule has 9 nitrogen and oxygen atoms in total. The molecule has 12 heteroatoms. The summed E-state index contributed by atoms with van der Waals surface area (Å²) in [6.45, 7) is -0.0198. The van der Waals surface area contributed by atoms with Crippen LogP contribution in [-0.4, -0.2) is 56.4 Å². The minimum absolute atomic E-state index is 0.170. The van der Waals surface area contributed by atoms with Crippen LogP contribution in [0.4, 0.5) is 9.52 Å². The van der Waals surface area contributed by atoms with Crippen LogP contribution in [0.1, 0.15) is 29.6 Å². The first-order valence-corrected chi connectivity index (χ1v) is 12.7. The number of nitrogens with zero attached hydrogens (tertiary/aromatic N) is 2. The Balaban J connectivity index is 1.41. The summed E-state index contributed by atoms with van der Waals surface area (Å²) in [4.78, 5) is 28.3. The zero-order chi connectivity index (χ0) is 24.3. The third kappa shape index (κ3) is 5.18. The summed E-state index contributed by atoms with van der Waals surface area (Å²) in [7, 11) is -2.54. The zero-order valence-electron chi connectivity index (χ0n) is 18.2. The molecule has 1 amide bonds. The van der Waals surface area contributed by atoms with Gasteiger partial charge in [0.25, 0.3) is 5.91 Å². The van der Waals surface area contributed by atoms with E-state index in [1.165, 1.54) is 15.6 Å². The fourth-order valence-electron chi connectivity index (χ4n) is 3.53. The summed E-state index contributed by atoms with van der Waals surface area (Å²) >= 11 is 1.23. The molecule has 0 saturated carbocycles.